The van der Waals surface area contributed by atoms with Crippen LogP contribution in [0.25, 0.3) is 0 Å². The second-order valence-corrected chi connectivity index (χ2v) is 6.46. The van der Waals surface area contributed by atoms with Crippen LogP contribution >= 0.6 is 0 Å². The minimum absolute atomic E-state index is 0.0651. The maximum Gasteiger partial charge on any atom is 0.127 e. The van der Waals surface area contributed by atoms with E-state index in [1.54, 1.807) is 12.1 Å². The van der Waals surface area contributed by atoms with Crippen molar-refractivity contribution in [2.75, 3.05) is 27.2 Å². The first kappa shape index (κ1) is 15.5. The lowest BCUT2D eigenvalue weighted by atomic mass is 9.93. The van der Waals surface area contributed by atoms with Crippen LogP contribution in [0.4, 0.5) is 4.39 Å². The molecule has 0 aromatic heterocycles. The van der Waals surface area contributed by atoms with E-state index in [1.807, 2.05) is 19.2 Å². The highest BCUT2D eigenvalue weighted by molar-refractivity contribution is 5.21. The highest BCUT2D eigenvalue weighted by Gasteiger charge is 2.33. The molecule has 112 valence electrons. The zero-order valence-corrected chi connectivity index (χ0v) is 13.1. The van der Waals surface area contributed by atoms with Gasteiger partial charge in [-0.25, -0.2) is 4.39 Å². The number of nitrogens with one attached hydrogen (secondary N) is 1. The highest BCUT2D eigenvalue weighted by atomic mass is 19.1. The van der Waals surface area contributed by atoms with Gasteiger partial charge in [0, 0.05) is 24.7 Å². The van der Waals surface area contributed by atoms with E-state index in [9.17, 15) is 4.39 Å². The molecule has 0 bridgehead atoms. The lowest BCUT2D eigenvalue weighted by molar-refractivity contribution is 0.239. The molecule has 1 N–H and O–H groups in total. The Morgan fingerprint density at radius 1 is 1.40 bits per heavy atom. The van der Waals surface area contributed by atoms with Gasteiger partial charge in [0.25, 0.3) is 0 Å². The van der Waals surface area contributed by atoms with E-state index >= 15 is 0 Å². The number of rotatable bonds is 7. The first-order valence-electron chi connectivity index (χ1n) is 7.63. The summed E-state index contributed by atoms with van der Waals surface area (Å²) >= 11 is 0. The van der Waals surface area contributed by atoms with Crippen molar-refractivity contribution in [3.63, 3.8) is 0 Å². The van der Waals surface area contributed by atoms with Crippen LogP contribution in [0.5, 0.6) is 0 Å². The molecule has 0 aliphatic heterocycles. The molecule has 1 aromatic carbocycles. The lowest BCUT2D eigenvalue weighted by Crippen LogP contribution is -2.34. The lowest BCUT2D eigenvalue weighted by Gasteiger charge is -2.28. The van der Waals surface area contributed by atoms with Crippen molar-refractivity contribution in [3.8, 4) is 0 Å². The summed E-state index contributed by atoms with van der Waals surface area (Å²) in [6.07, 6.45) is 1.36. The van der Waals surface area contributed by atoms with Crippen LogP contribution in [0, 0.1) is 23.6 Å². The third-order valence-electron chi connectivity index (χ3n) is 4.54. The molecule has 4 unspecified atom stereocenters. The van der Waals surface area contributed by atoms with Gasteiger partial charge in [0.1, 0.15) is 5.82 Å². The molecule has 1 aliphatic carbocycles. The van der Waals surface area contributed by atoms with E-state index in [2.05, 4.69) is 31.1 Å². The molecule has 0 heterocycles. The van der Waals surface area contributed by atoms with Crippen molar-refractivity contribution in [2.24, 2.45) is 17.8 Å². The molecule has 1 aliphatic rings. The van der Waals surface area contributed by atoms with E-state index in [4.69, 9.17) is 0 Å². The SMILES string of the molecule is CNC(c1ccccc1F)C(C)CN(C)CC1CC1C. The third-order valence-corrected chi connectivity index (χ3v) is 4.54. The average molecular weight is 278 g/mol. The van der Waals surface area contributed by atoms with E-state index in [0.29, 0.717) is 5.92 Å². The first-order valence-corrected chi connectivity index (χ1v) is 7.63. The summed E-state index contributed by atoms with van der Waals surface area (Å²) in [6, 6.07) is 7.15. The van der Waals surface area contributed by atoms with E-state index < -0.39 is 0 Å². The maximum absolute atomic E-state index is 13.9. The summed E-state index contributed by atoms with van der Waals surface area (Å²) in [5.41, 5.74) is 0.774. The van der Waals surface area contributed by atoms with Gasteiger partial charge in [-0.05, 0) is 44.3 Å². The van der Waals surface area contributed by atoms with Crippen molar-refractivity contribution in [2.45, 2.75) is 26.3 Å². The number of halogens is 1. The van der Waals surface area contributed by atoms with Crippen LogP contribution in [-0.4, -0.2) is 32.1 Å². The second-order valence-electron chi connectivity index (χ2n) is 6.46. The number of nitrogens with zero attached hydrogens (tertiary/aromatic N) is 1. The fourth-order valence-corrected chi connectivity index (χ4v) is 3.20. The van der Waals surface area contributed by atoms with Crippen LogP contribution in [0.1, 0.15) is 31.9 Å². The monoisotopic (exact) mass is 278 g/mol. The summed E-state index contributed by atoms with van der Waals surface area (Å²) in [4.78, 5) is 2.39. The topological polar surface area (TPSA) is 15.3 Å². The molecule has 0 radical (unpaired) electrons. The van der Waals surface area contributed by atoms with Crippen LogP contribution in [-0.2, 0) is 0 Å². The van der Waals surface area contributed by atoms with Crippen molar-refractivity contribution >= 4 is 0 Å². The predicted octanol–water partition coefficient (Wildman–Crippen LogP) is 3.31. The fraction of sp³-hybridized carbons (Fsp3) is 0.647. The summed E-state index contributed by atoms with van der Waals surface area (Å²) < 4.78 is 13.9. The number of benzene rings is 1. The van der Waals surface area contributed by atoms with Gasteiger partial charge in [-0.1, -0.05) is 32.0 Å². The minimum atomic E-state index is -0.114. The summed E-state index contributed by atoms with van der Waals surface area (Å²) in [5.74, 6) is 2.02. The van der Waals surface area contributed by atoms with Gasteiger partial charge in [-0.15, -0.1) is 0 Å². The molecule has 1 fully saturated rings. The smallest absolute Gasteiger partial charge is 0.127 e. The Bertz CT molecular complexity index is 435. The molecule has 20 heavy (non-hydrogen) atoms. The van der Waals surface area contributed by atoms with Gasteiger partial charge in [-0.2, -0.15) is 0 Å². The molecular weight excluding hydrogens is 251 g/mol. The van der Waals surface area contributed by atoms with Gasteiger partial charge < -0.3 is 10.2 Å². The Morgan fingerprint density at radius 2 is 2.05 bits per heavy atom. The van der Waals surface area contributed by atoms with Crippen molar-refractivity contribution in [1.82, 2.24) is 10.2 Å². The number of hydrogen-bond acceptors (Lipinski definition) is 2. The Morgan fingerprint density at radius 3 is 2.60 bits per heavy atom. The van der Waals surface area contributed by atoms with Crippen LogP contribution in [0.15, 0.2) is 24.3 Å². The van der Waals surface area contributed by atoms with Crippen molar-refractivity contribution in [1.29, 1.82) is 0 Å². The molecule has 2 rings (SSSR count). The molecule has 1 saturated carbocycles. The quantitative estimate of drug-likeness (QED) is 0.823. The third kappa shape index (κ3) is 3.80. The summed E-state index contributed by atoms with van der Waals surface area (Å²) in [6.45, 7) is 6.67. The first-order chi connectivity index (χ1) is 9.52. The molecule has 0 amide bonds. The molecule has 3 heteroatoms. The van der Waals surface area contributed by atoms with Crippen LogP contribution in [0.2, 0.25) is 0 Å². The molecule has 1 aromatic rings. The maximum atomic E-state index is 13.9. The van der Waals surface area contributed by atoms with Gasteiger partial charge in [0.2, 0.25) is 0 Å². The van der Waals surface area contributed by atoms with Gasteiger partial charge in [0.05, 0.1) is 0 Å². The van der Waals surface area contributed by atoms with Gasteiger partial charge >= 0.3 is 0 Å². The molecule has 0 saturated heterocycles. The molecular formula is C17H27FN2. The standard InChI is InChI=1S/C17H27FN2/c1-12-9-14(12)11-20(4)10-13(2)17(19-3)15-7-5-6-8-16(15)18/h5-8,12-14,17,19H,9-11H2,1-4H3. The summed E-state index contributed by atoms with van der Waals surface area (Å²) in [7, 11) is 4.09. The Labute approximate surface area is 122 Å². The molecule has 0 spiro atoms. The van der Waals surface area contributed by atoms with Gasteiger partial charge in [0.15, 0.2) is 0 Å². The van der Waals surface area contributed by atoms with Gasteiger partial charge in [-0.3, -0.25) is 0 Å². The van der Waals surface area contributed by atoms with Crippen molar-refractivity contribution < 1.29 is 4.39 Å². The normalized spacial score (nSPS) is 24.7. The highest BCUT2D eigenvalue weighted by Crippen LogP contribution is 2.38. The number of hydrogen-bond donors (Lipinski definition) is 1. The predicted molar refractivity (Wildman–Crippen MR) is 82.1 cm³/mol. The largest absolute Gasteiger partial charge is 0.313 e. The van der Waals surface area contributed by atoms with E-state index in [-0.39, 0.29) is 11.9 Å². The zero-order valence-electron chi connectivity index (χ0n) is 13.1. The average Bonchev–Trinajstić information content (AvgIpc) is 3.07. The van der Waals surface area contributed by atoms with E-state index in [0.717, 1.165) is 23.9 Å². The minimum Gasteiger partial charge on any atom is -0.313 e. The van der Waals surface area contributed by atoms with Crippen LogP contribution in [0.3, 0.4) is 0 Å². The molecule has 4 atom stereocenters. The summed E-state index contributed by atoms with van der Waals surface area (Å²) in [5, 5.41) is 3.28. The van der Waals surface area contributed by atoms with E-state index in [1.165, 1.54) is 13.0 Å². The van der Waals surface area contributed by atoms with Crippen molar-refractivity contribution in [3.05, 3.63) is 35.6 Å². The fourth-order valence-electron chi connectivity index (χ4n) is 3.20. The Kier molecular flexibility index (Phi) is 5.17. The second kappa shape index (κ2) is 6.68. The molecule has 2 nitrogen and oxygen atoms in total. The Balaban J connectivity index is 1.94. The zero-order chi connectivity index (χ0) is 14.7. The Hall–Kier alpha value is -0.930. The van der Waals surface area contributed by atoms with Crippen LogP contribution < -0.4 is 5.32 Å².